The molecule has 0 aromatic heterocycles. The lowest BCUT2D eigenvalue weighted by Gasteiger charge is -2.06. The molecule has 0 amide bonds. The minimum atomic E-state index is -3.46. The average molecular weight is 444 g/mol. The Labute approximate surface area is 179 Å². The van der Waals surface area contributed by atoms with Gasteiger partial charge in [-0.3, -0.25) is 0 Å². The Balaban J connectivity index is 2.11. The third-order valence-corrected chi connectivity index (χ3v) is 8.10. The largest absolute Gasteiger partial charge is 0.224 e. The second-order valence-corrected chi connectivity index (χ2v) is 12.2. The molecule has 29 heavy (non-hydrogen) atoms. The van der Waals surface area contributed by atoms with Crippen LogP contribution in [0, 0.1) is 6.07 Å². The standard InChI is InChI=1S/C23H39O4S2/c1-3-4-5-6-7-8-9-10-11-12-13-14-15-16-20-29(26,27)23-19-17-18-22(21-23)28(2,24)25/h17,19,21H,3-16,20H2,1-2H3. The van der Waals surface area contributed by atoms with Crippen LogP contribution in [0.5, 0.6) is 0 Å². The Morgan fingerprint density at radius 3 is 1.62 bits per heavy atom. The number of benzene rings is 1. The fourth-order valence-electron chi connectivity index (χ4n) is 3.44. The molecule has 0 bridgehead atoms. The molecule has 1 rings (SSSR count). The summed E-state index contributed by atoms with van der Waals surface area (Å²) in [6.45, 7) is 2.25. The Morgan fingerprint density at radius 1 is 0.724 bits per heavy atom. The van der Waals surface area contributed by atoms with Gasteiger partial charge in [-0.2, -0.15) is 0 Å². The highest BCUT2D eigenvalue weighted by atomic mass is 32.2. The lowest BCUT2D eigenvalue weighted by atomic mass is 10.0. The molecule has 0 spiro atoms. The molecule has 0 saturated heterocycles. The van der Waals surface area contributed by atoms with Crippen molar-refractivity contribution in [1.29, 1.82) is 0 Å². The van der Waals surface area contributed by atoms with Gasteiger partial charge >= 0.3 is 0 Å². The SMILES string of the molecule is CCCCCCCCCCCCCCCCS(=O)(=O)c1cc[c]c(S(C)(=O)=O)c1. The smallest absolute Gasteiger partial charge is 0.178 e. The summed E-state index contributed by atoms with van der Waals surface area (Å²) in [6, 6.07) is 6.60. The van der Waals surface area contributed by atoms with E-state index in [1.807, 2.05) is 0 Å². The molecular formula is C23H39O4S2. The van der Waals surface area contributed by atoms with E-state index < -0.39 is 19.7 Å². The van der Waals surface area contributed by atoms with Gasteiger partial charge in [-0.15, -0.1) is 0 Å². The van der Waals surface area contributed by atoms with Gasteiger partial charge in [-0.25, -0.2) is 16.8 Å². The summed E-state index contributed by atoms with van der Waals surface area (Å²) in [5.41, 5.74) is 0. The number of unbranched alkanes of at least 4 members (excludes halogenated alkanes) is 13. The summed E-state index contributed by atoms with van der Waals surface area (Å²) in [4.78, 5) is 0.00547. The van der Waals surface area contributed by atoms with Crippen molar-refractivity contribution < 1.29 is 16.8 Å². The second-order valence-electron chi connectivity index (χ2n) is 8.08. The number of hydrogen-bond acceptors (Lipinski definition) is 4. The van der Waals surface area contributed by atoms with E-state index >= 15 is 0 Å². The second kappa shape index (κ2) is 14.2. The van der Waals surface area contributed by atoms with E-state index in [1.54, 1.807) is 0 Å². The van der Waals surface area contributed by atoms with Crippen LogP contribution in [-0.2, 0) is 19.7 Å². The van der Waals surface area contributed by atoms with Gasteiger partial charge < -0.3 is 0 Å². The van der Waals surface area contributed by atoms with E-state index in [-0.39, 0.29) is 15.5 Å². The van der Waals surface area contributed by atoms with E-state index in [2.05, 4.69) is 13.0 Å². The summed E-state index contributed by atoms with van der Waals surface area (Å²) in [5, 5.41) is 0. The average Bonchev–Trinajstić information content (AvgIpc) is 2.67. The summed E-state index contributed by atoms with van der Waals surface area (Å²) >= 11 is 0. The van der Waals surface area contributed by atoms with Gasteiger partial charge in [0.25, 0.3) is 0 Å². The zero-order valence-electron chi connectivity index (χ0n) is 18.3. The van der Waals surface area contributed by atoms with Crippen molar-refractivity contribution in [1.82, 2.24) is 0 Å². The molecule has 0 atom stereocenters. The van der Waals surface area contributed by atoms with Gasteiger partial charge in [0.1, 0.15) is 0 Å². The first-order valence-corrected chi connectivity index (χ1v) is 14.8. The number of hydrogen-bond donors (Lipinski definition) is 0. The Hall–Kier alpha value is -0.880. The van der Waals surface area contributed by atoms with Crippen LogP contribution in [0.25, 0.3) is 0 Å². The van der Waals surface area contributed by atoms with E-state index in [0.717, 1.165) is 25.5 Å². The number of rotatable bonds is 17. The highest BCUT2D eigenvalue weighted by Gasteiger charge is 2.17. The van der Waals surface area contributed by atoms with Gasteiger partial charge in [-0.05, 0) is 18.6 Å². The van der Waals surface area contributed by atoms with Gasteiger partial charge in [-0.1, -0.05) is 96.5 Å². The van der Waals surface area contributed by atoms with Gasteiger partial charge in [0, 0.05) is 12.3 Å². The fourth-order valence-corrected chi connectivity index (χ4v) is 5.53. The van der Waals surface area contributed by atoms with Crippen molar-refractivity contribution in [2.24, 2.45) is 0 Å². The lowest BCUT2D eigenvalue weighted by molar-refractivity contribution is 0.537. The van der Waals surface area contributed by atoms with Crippen LogP contribution in [0.3, 0.4) is 0 Å². The van der Waals surface area contributed by atoms with Crippen LogP contribution < -0.4 is 0 Å². The van der Waals surface area contributed by atoms with Gasteiger partial charge in [0.05, 0.1) is 15.5 Å². The molecule has 0 heterocycles. The number of sulfone groups is 2. The lowest BCUT2D eigenvalue weighted by Crippen LogP contribution is -2.08. The zero-order valence-corrected chi connectivity index (χ0v) is 19.9. The summed E-state index contributed by atoms with van der Waals surface area (Å²) in [5.74, 6) is 0.0677. The molecule has 0 aliphatic rings. The summed E-state index contributed by atoms with van der Waals surface area (Å²) in [7, 11) is -6.90. The van der Waals surface area contributed by atoms with Crippen LogP contribution >= 0.6 is 0 Å². The predicted molar refractivity (Wildman–Crippen MR) is 121 cm³/mol. The van der Waals surface area contributed by atoms with E-state index in [9.17, 15) is 16.8 Å². The van der Waals surface area contributed by atoms with Gasteiger partial charge in [0.2, 0.25) is 0 Å². The first kappa shape index (κ1) is 26.2. The van der Waals surface area contributed by atoms with Crippen LogP contribution in [0.15, 0.2) is 28.0 Å². The molecule has 1 aromatic carbocycles. The minimum Gasteiger partial charge on any atom is -0.224 e. The molecule has 0 fully saturated rings. The molecular weight excluding hydrogens is 404 g/mol. The minimum absolute atomic E-state index is 0.0677. The van der Waals surface area contributed by atoms with Crippen molar-refractivity contribution in [2.45, 2.75) is 107 Å². The third kappa shape index (κ3) is 11.8. The Kier molecular flexibility index (Phi) is 12.8. The highest BCUT2D eigenvalue weighted by molar-refractivity contribution is 7.92. The molecule has 0 saturated carbocycles. The Morgan fingerprint density at radius 2 is 1.17 bits per heavy atom. The molecule has 4 nitrogen and oxygen atoms in total. The van der Waals surface area contributed by atoms with Crippen molar-refractivity contribution in [3.8, 4) is 0 Å². The summed E-state index contributed by atoms with van der Waals surface area (Å²) in [6.07, 6.45) is 18.1. The molecule has 1 aromatic rings. The monoisotopic (exact) mass is 443 g/mol. The van der Waals surface area contributed by atoms with Crippen LogP contribution in [-0.4, -0.2) is 28.8 Å². The van der Waals surface area contributed by atoms with Crippen molar-refractivity contribution >= 4 is 19.7 Å². The normalized spacial score (nSPS) is 12.3. The molecule has 0 aliphatic heterocycles. The molecule has 0 N–H and O–H groups in total. The topological polar surface area (TPSA) is 68.3 Å². The van der Waals surface area contributed by atoms with E-state index in [1.165, 1.54) is 82.4 Å². The predicted octanol–water partition coefficient (Wildman–Crippen LogP) is 6.15. The van der Waals surface area contributed by atoms with Crippen molar-refractivity contribution in [3.63, 3.8) is 0 Å². The van der Waals surface area contributed by atoms with E-state index in [4.69, 9.17) is 0 Å². The first-order chi connectivity index (χ1) is 13.8. The highest BCUT2D eigenvalue weighted by Crippen LogP contribution is 2.18. The van der Waals surface area contributed by atoms with Crippen molar-refractivity contribution in [2.75, 3.05) is 12.0 Å². The fraction of sp³-hybridized carbons (Fsp3) is 0.739. The van der Waals surface area contributed by atoms with Crippen LogP contribution in [0.2, 0.25) is 0 Å². The third-order valence-electron chi connectivity index (χ3n) is 5.27. The van der Waals surface area contributed by atoms with Crippen molar-refractivity contribution in [3.05, 3.63) is 24.3 Å². The van der Waals surface area contributed by atoms with E-state index in [0.29, 0.717) is 6.42 Å². The van der Waals surface area contributed by atoms with Gasteiger partial charge in [0.15, 0.2) is 19.7 Å². The molecule has 6 heteroatoms. The quantitative estimate of drug-likeness (QED) is 0.271. The van der Waals surface area contributed by atoms with Crippen LogP contribution in [0.1, 0.15) is 96.8 Å². The maximum atomic E-state index is 12.4. The Bertz CT molecular complexity index is 768. The molecule has 1 radical (unpaired) electrons. The maximum absolute atomic E-state index is 12.4. The van der Waals surface area contributed by atoms with Crippen LogP contribution in [0.4, 0.5) is 0 Å². The zero-order chi connectivity index (χ0) is 21.6. The molecule has 0 aliphatic carbocycles. The molecule has 0 unspecified atom stereocenters. The molecule has 167 valence electrons. The summed E-state index contributed by atoms with van der Waals surface area (Å²) < 4.78 is 48.0. The maximum Gasteiger partial charge on any atom is 0.178 e. The first-order valence-electron chi connectivity index (χ1n) is 11.2.